The average molecular weight is 370 g/mol. The number of fused-ring (bicyclic) bond motifs is 2. The van der Waals surface area contributed by atoms with Crippen LogP contribution in [0.25, 0.3) is 11.2 Å². The van der Waals surface area contributed by atoms with Gasteiger partial charge in [0.05, 0.1) is 24.5 Å². The summed E-state index contributed by atoms with van der Waals surface area (Å²) in [6.07, 6.45) is 2.61. The van der Waals surface area contributed by atoms with Gasteiger partial charge in [0.1, 0.15) is 29.2 Å². The van der Waals surface area contributed by atoms with Crippen LogP contribution in [-0.2, 0) is 25.8 Å². The highest BCUT2D eigenvalue weighted by atomic mass is 32.5. The summed E-state index contributed by atoms with van der Waals surface area (Å²) in [5.41, 5.74) is 1.02. The van der Waals surface area contributed by atoms with Gasteiger partial charge in [-0.1, -0.05) is 0 Å². The van der Waals surface area contributed by atoms with Crippen molar-refractivity contribution in [1.29, 1.82) is 0 Å². The molecule has 0 radical (unpaired) electrons. The molecule has 0 spiro atoms. The summed E-state index contributed by atoms with van der Waals surface area (Å²) in [5.74, 6) is 0.122. The van der Waals surface area contributed by atoms with Gasteiger partial charge >= 0.3 is 6.72 Å². The van der Waals surface area contributed by atoms with Crippen molar-refractivity contribution in [1.82, 2.24) is 19.5 Å². The van der Waals surface area contributed by atoms with Crippen LogP contribution in [0.5, 0.6) is 0 Å². The summed E-state index contributed by atoms with van der Waals surface area (Å²) in [6, 6.07) is 0. The minimum atomic E-state index is -3.74. The molecule has 1 saturated carbocycles. The van der Waals surface area contributed by atoms with Gasteiger partial charge in [-0.3, -0.25) is 4.57 Å². The number of imidazole rings is 1. The minimum absolute atomic E-state index is 0.00785. The fraction of sp³-hybridized carbons (Fsp3) is 0.615. The topological polar surface area (TPSA) is 112 Å². The number of aromatic nitrogens is 4. The molecule has 2 saturated heterocycles. The van der Waals surface area contributed by atoms with Gasteiger partial charge < -0.3 is 23.8 Å². The zero-order valence-electron chi connectivity index (χ0n) is 12.9. The van der Waals surface area contributed by atoms with E-state index in [9.17, 15) is 9.79 Å². The van der Waals surface area contributed by atoms with Gasteiger partial charge in [0, 0.05) is 0 Å². The number of aryl methyl sites for hydroxylation is 1. The van der Waals surface area contributed by atoms with Gasteiger partial charge in [-0.2, -0.15) is 0 Å². The van der Waals surface area contributed by atoms with Crippen LogP contribution in [0.4, 0.5) is 0 Å². The molecule has 3 aliphatic rings. The Morgan fingerprint density at radius 3 is 2.92 bits per heavy atom. The maximum Gasteiger partial charge on any atom is 0.321 e. The van der Waals surface area contributed by atoms with Gasteiger partial charge in [0.15, 0.2) is 11.9 Å². The second-order valence-corrected chi connectivity index (χ2v) is 9.28. The van der Waals surface area contributed by atoms with Crippen molar-refractivity contribution in [2.75, 3.05) is 6.61 Å². The van der Waals surface area contributed by atoms with E-state index < -0.39 is 24.1 Å². The average Bonchev–Trinajstić information content (AvgIpc) is 2.87. The molecule has 2 aromatic heterocycles. The quantitative estimate of drug-likeness (QED) is 0.739. The molecular weight excluding hydrogens is 355 g/mol. The molecule has 128 valence electrons. The van der Waals surface area contributed by atoms with Crippen molar-refractivity contribution < 1.29 is 23.8 Å². The fourth-order valence-electron chi connectivity index (χ4n) is 4.21. The third-order valence-corrected chi connectivity index (χ3v) is 6.22. The lowest BCUT2D eigenvalue weighted by Gasteiger charge is -2.40. The van der Waals surface area contributed by atoms with Crippen LogP contribution >= 0.6 is 6.72 Å². The molecule has 5 atom stereocenters. The van der Waals surface area contributed by atoms with Crippen LogP contribution in [0.1, 0.15) is 18.8 Å². The van der Waals surface area contributed by atoms with Crippen molar-refractivity contribution >= 4 is 29.7 Å². The molecule has 0 aromatic carbocycles. The Hall–Kier alpha value is -1.00. The zero-order chi connectivity index (χ0) is 16.9. The maximum absolute atomic E-state index is 9.35. The smallest absolute Gasteiger partial charge is 0.321 e. The van der Waals surface area contributed by atoms with Gasteiger partial charge in [0.2, 0.25) is 0 Å². The molecular formula is C13H15N4O5PS. The Balaban J connectivity index is 1.48. The first-order chi connectivity index (χ1) is 11.3. The van der Waals surface area contributed by atoms with Crippen LogP contribution < -0.4 is 0 Å². The first-order valence-corrected chi connectivity index (χ1v) is 10.1. The first-order valence-electron chi connectivity index (χ1n) is 7.47. The van der Waals surface area contributed by atoms with E-state index in [0.29, 0.717) is 5.65 Å². The lowest BCUT2D eigenvalue weighted by atomic mass is 10.1. The van der Waals surface area contributed by atoms with E-state index in [1.807, 2.05) is 18.4 Å². The molecule has 0 bridgehead atoms. The minimum Gasteiger partial charge on any atom is -0.363 e. The highest BCUT2D eigenvalue weighted by Crippen LogP contribution is 2.77. The maximum atomic E-state index is 9.35. The van der Waals surface area contributed by atoms with Crippen LogP contribution in [0.3, 0.4) is 0 Å². The number of hydrogen-bond acceptors (Lipinski definition) is 7. The molecule has 2 aromatic rings. The molecule has 2 unspecified atom stereocenters. The SMILES string of the molecule is Cc1ncnc2c1ncn2C1O[C@@]2(COP(O)(O)=S)[C@H]3C1O[C@@]32C. The van der Waals surface area contributed by atoms with E-state index in [0.717, 1.165) is 11.2 Å². The Kier molecular flexibility index (Phi) is 2.79. The second kappa shape index (κ2) is 4.39. The molecule has 3 fully saturated rings. The zero-order valence-corrected chi connectivity index (χ0v) is 14.6. The highest BCUT2D eigenvalue weighted by Gasteiger charge is 2.92. The number of rotatable bonds is 4. The van der Waals surface area contributed by atoms with Crippen LogP contribution in [0, 0.1) is 12.8 Å². The third kappa shape index (κ3) is 1.71. The number of ether oxygens (including phenoxy) is 2. The van der Waals surface area contributed by atoms with Gasteiger partial charge in [-0.25, -0.2) is 15.0 Å². The predicted octanol–water partition coefficient (Wildman–Crippen LogP) is 0.415. The van der Waals surface area contributed by atoms with E-state index in [2.05, 4.69) is 26.8 Å². The number of nitrogens with zero attached hydrogens (tertiary/aromatic N) is 4. The summed E-state index contributed by atoms with van der Waals surface area (Å²) in [7, 11) is 0. The first kappa shape index (κ1) is 15.3. The molecule has 4 heterocycles. The van der Waals surface area contributed by atoms with E-state index in [-0.39, 0.29) is 18.6 Å². The van der Waals surface area contributed by atoms with Crippen LogP contribution in [-0.4, -0.2) is 53.2 Å². The molecule has 2 N–H and O–H groups in total. The Morgan fingerprint density at radius 1 is 1.38 bits per heavy atom. The van der Waals surface area contributed by atoms with Crippen molar-refractivity contribution in [3.8, 4) is 0 Å². The lowest BCUT2D eigenvalue weighted by molar-refractivity contribution is -0.251. The largest absolute Gasteiger partial charge is 0.363 e. The molecule has 5 rings (SSSR count). The Bertz CT molecular complexity index is 917. The van der Waals surface area contributed by atoms with E-state index in [4.69, 9.17) is 14.0 Å². The van der Waals surface area contributed by atoms with Gasteiger partial charge in [-0.15, -0.1) is 0 Å². The Morgan fingerprint density at radius 2 is 2.17 bits per heavy atom. The van der Waals surface area contributed by atoms with Crippen LogP contribution in [0.15, 0.2) is 12.7 Å². The second-order valence-electron chi connectivity index (χ2n) is 6.61. The van der Waals surface area contributed by atoms with Gasteiger partial charge in [-0.05, 0) is 25.7 Å². The summed E-state index contributed by atoms with van der Waals surface area (Å²) < 4.78 is 19.1. The fourth-order valence-corrected chi connectivity index (χ4v) is 4.73. The standard InChI is InChI=1S/C13H15N4O5PS/c1-6-7-10(15-4-14-6)17(5-16-7)11-8-9-12(2,21-8)13(9,22-11)3-20-23(18,19)24/h4-5,8-9,11H,3H2,1-2H3,(H2,18,19,24)/t8?,9-,11?,12-,13-/m0/s1. The van der Waals surface area contributed by atoms with E-state index >= 15 is 0 Å². The van der Waals surface area contributed by atoms with Crippen molar-refractivity contribution in [2.24, 2.45) is 5.92 Å². The molecule has 2 aliphatic heterocycles. The van der Waals surface area contributed by atoms with Crippen molar-refractivity contribution in [3.05, 3.63) is 18.3 Å². The predicted molar refractivity (Wildman–Crippen MR) is 84.4 cm³/mol. The lowest BCUT2D eigenvalue weighted by Crippen LogP contribution is -2.48. The molecule has 24 heavy (non-hydrogen) atoms. The molecule has 1 aliphatic carbocycles. The molecule has 11 heteroatoms. The summed E-state index contributed by atoms with van der Waals surface area (Å²) in [5, 5.41) is 0. The van der Waals surface area contributed by atoms with Crippen LogP contribution in [0.2, 0.25) is 0 Å². The normalized spacial score (nSPS) is 39.8. The summed E-state index contributed by atoms with van der Waals surface area (Å²) in [4.78, 5) is 31.5. The Labute approximate surface area is 141 Å². The van der Waals surface area contributed by atoms with Crippen molar-refractivity contribution in [3.63, 3.8) is 0 Å². The number of hydrogen-bond donors (Lipinski definition) is 2. The monoisotopic (exact) mass is 370 g/mol. The molecule has 0 amide bonds. The van der Waals surface area contributed by atoms with E-state index in [1.54, 1.807) is 6.33 Å². The highest BCUT2D eigenvalue weighted by molar-refractivity contribution is 8.06. The van der Waals surface area contributed by atoms with E-state index in [1.165, 1.54) is 6.33 Å². The summed E-state index contributed by atoms with van der Waals surface area (Å²) >= 11 is 4.53. The van der Waals surface area contributed by atoms with Gasteiger partial charge in [0.25, 0.3) is 0 Å². The third-order valence-electron chi connectivity index (χ3n) is 5.44. The molecule has 9 nitrogen and oxygen atoms in total. The van der Waals surface area contributed by atoms with Crippen molar-refractivity contribution in [2.45, 2.75) is 37.4 Å². The summed E-state index contributed by atoms with van der Waals surface area (Å²) in [6.45, 7) is 0.0586.